The fourth-order valence-electron chi connectivity index (χ4n) is 7.99. The van der Waals surface area contributed by atoms with Crippen molar-refractivity contribution in [3.8, 4) is 33.4 Å². The molecule has 0 amide bonds. The molecule has 0 N–H and O–H groups in total. The second-order valence-corrected chi connectivity index (χ2v) is 13.6. The summed E-state index contributed by atoms with van der Waals surface area (Å²) in [4.78, 5) is 2.24. The highest BCUT2D eigenvalue weighted by molar-refractivity contribution is 6.33. The van der Waals surface area contributed by atoms with E-state index in [0.717, 1.165) is 17.1 Å². The van der Waals surface area contributed by atoms with Crippen LogP contribution >= 0.6 is 0 Å². The fraction of sp³-hybridized carbons (Fsp3) is 0.0400. The number of hydrogen-bond donors (Lipinski definition) is 0. The molecule has 0 heterocycles. The van der Waals surface area contributed by atoms with Crippen LogP contribution in [0.5, 0.6) is 0 Å². The molecular formula is C50H36FN. The molecule has 2 heteroatoms. The molecule has 0 saturated carbocycles. The second kappa shape index (κ2) is 13.0. The third-order valence-electron chi connectivity index (χ3n) is 10.1. The zero-order valence-corrected chi connectivity index (χ0v) is 29.1. The molecule has 0 aliphatic carbocycles. The Morgan fingerprint density at radius 3 is 1.52 bits per heavy atom. The van der Waals surface area contributed by atoms with E-state index in [2.05, 4.69) is 176 Å². The van der Waals surface area contributed by atoms with E-state index in [0.29, 0.717) is 0 Å². The number of nitrogens with zero attached hydrogens (tertiary/aromatic N) is 1. The maximum absolute atomic E-state index is 14.3. The van der Waals surface area contributed by atoms with Gasteiger partial charge in [0.05, 0.1) is 0 Å². The number of fused-ring (bicyclic) bond motifs is 6. The zero-order valence-electron chi connectivity index (χ0n) is 29.1. The highest BCUT2D eigenvalue weighted by Crippen LogP contribution is 2.50. The number of hydrogen-bond acceptors (Lipinski definition) is 1. The molecule has 9 aromatic carbocycles. The third kappa shape index (κ3) is 5.50. The van der Waals surface area contributed by atoms with E-state index < -0.39 is 0 Å². The highest BCUT2D eigenvalue weighted by Gasteiger charge is 2.23. The fourth-order valence-corrected chi connectivity index (χ4v) is 7.99. The van der Waals surface area contributed by atoms with Gasteiger partial charge in [-0.2, -0.15) is 0 Å². The van der Waals surface area contributed by atoms with Crippen LogP contribution in [-0.4, -0.2) is 0 Å². The average molecular weight is 670 g/mol. The van der Waals surface area contributed by atoms with Crippen molar-refractivity contribution in [2.75, 3.05) is 4.90 Å². The van der Waals surface area contributed by atoms with Crippen molar-refractivity contribution in [3.63, 3.8) is 0 Å². The van der Waals surface area contributed by atoms with Crippen LogP contribution in [0, 0.1) is 19.7 Å². The standard InChI is InChI=1S/C50H36FN/c1-33-28-34(2)30-41(29-33)52(39-24-22-38(51)23-25-39)40-26-27-44-47(31-40)42-20-12-13-21-43(42)49-46(36-16-8-4-9-17-36)32-45(35-14-6-3-7-15-35)48(50(44)49)37-18-10-5-11-19-37/h3-32H,1-2H3. The summed E-state index contributed by atoms with van der Waals surface area (Å²) in [5.74, 6) is -0.253. The minimum absolute atomic E-state index is 0.253. The largest absolute Gasteiger partial charge is 0.310 e. The lowest BCUT2D eigenvalue weighted by atomic mass is 9.81. The van der Waals surface area contributed by atoms with Crippen LogP contribution in [-0.2, 0) is 0 Å². The van der Waals surface area contributed by atoms with Gasteiger partial charge >= 0.3 is 0 Å². The van der Waals surface area contributed by atoms with Crippen molar-refractivity contribution in [1.29, 1.82) is 0 Å². The Bertz CT molecular complexity index is 2710. The van der Waals surface area contributed by atoms with Crippen molar-refractivity contribution in [3.05, 3.63) is 199 Å². The topological polar surface area (TPSA) is 3.24 Å². The van der Waals surface area contributed by atoms with E-state index in [-0.39, 0.29) is 5.82 Å². The van der Waals surface area contributed by atoms with Crippen LogP contribution in [0.4, 0.5) is 21.5 Å². The first-order valence-corrected chi connectivity index (χ1v) is 17.8. The molecule has 0 aliphatic rings. The molecule has 0 bridgehead atoms. The van der Waals surface area contributed by atoms with Crippen LogP contribution in [0.2, 0.25) is 0 Å². The summed E-state index contributed by atoms with van der Waals surface area (Å²) in [5, 5.41) is 7.22. The Hall–Kier alpha value is -6.51. The molecule has 248 valence electrons. The summed E-state index contributed by atoms with van der Waals surface area (Å²) in [5.41, 5.74) is 12.5. The first-order valence-electron chi connectivity index (χ1n) is 17.8. The summed E-state index contributed by atoms with van der Waals surface area (Å²) in [7, 11) is 0. The summed E-state index contributed by atoms with van der Waals surface area (Å²) < 4.78 is 14.3. The Labute approximate surface area is 303 Å². The lowest BCUT2D eigenvalue weighted by molar-refractivity contribution is 0.628. The zero-order chi connectivity index (χ0) is 35.2. The van der Waals surface area contributed by atoms with Gasteiger partial charge in [-0.25, -0.2) is 4.39 Å². The number of rotatable bonds is 6. The van der Waals surface area contributed by atoms with Crippen LogP contribution in [0.1, 0.15) is 11.1 Å². The van der Waals surface area contributed by atoms with Crippen molar-refractivity contribution < 1.29 is 4.39 Å². The molecule has 0 unspecified atom stereocenters. The van der Waals surface area contributed by atoms with Crippen LogP contribution in [0.25, 0.3) is 65.7 Å². The molecule has 0 fully saturated rings. The Morgan fingerprint density at radius 2 is 0.885 bits per heavy atom. The first kappa shape index (κ1) is 31.5. The maximum Gasteiger partial charge on any atom is 0.123 e. The van der Waals surface area contributed by atoms with Crippen LogP contribution in [0.15, 0.2) is 182 Å². The molecule has 0 aromatic heterocycles. The molecule has 1 nitrogen and oxygen atoms in total. The van der Waals surface area contributed by atoms with Gasteiger partial charge in [-0.3, -0.25) is 0 Å². The molecule has 0 spiro atoms. The first-order chi connectivity index (χ1) is 25.5. The molecular weight excluding hydrogens is 634 g/mol. The van der Waals surface area contributed by atoms with E-state index in [1.54, 1.807) is 0 Å². The third-order valence-corrected chi connectivity index (χ3v) is 10.1. The summed E-state index contributed by atoms with van der Waals surface area (Å²) in [6.07, 6.45) is 0. The lowest BCUT2D eigenvalue weighted by Crippen LogP contribution is -2.10. The number of halogens is 1. The number of aryl methyl sites for hydroxylation is 2. The van der Waals surface area contributed by atoms with Gasteiger partial charge in [0.15, 0.2) is 0 Å². The molecule has 0 atom stereocenters. The Morgan fingerprint density at radius 1 is 0.365 bits per heavy atom. The van der Waals surface area contributed by atoms with Gasteiger partial charge < -0.3 is 4.90 Å². The van der Waals surface area contributed by atoms with Gasteiger partial charge in [0.1, 0.15) is 5.82 Å². The van der Waals surface area contributed by atoms with E-state index >= 15 is 0 Å². The predicted octanol–water partition coefficient (Wildman–Crippen LogP) is 14.4. The van der Waals surface area contributed by atoms with Gasteiger partial charge in [-0.15, -0.1) is 0 Å². The molecule has 9 aromatic rings. The second-order valence-electron chi connectivity index (χ2n) is 13.6. The lowest BCUT2D eigenvalue weighted by Gasteiger charge is -2.27. The molecule has 0 radical (unpaired) electrons. The minimum atomic E-state index is -0.253. The summed E-state index contributed by atoms with van der Waals surface area (Å²) in [6.45, 7) is 4.25. The minimum Gasteiger partial charge on any atom is -0.310 e. The molecule has 0 aliphatic heterocycles. The van der Waals surface area contributed by atoms with E-state index in [1.807, 2.05) is 12.1 Å². The van der Waals surface area contributed by atoms with Crippen LogP contribution in [0.3, 0.4) is 0 Å². The molecule has 0 saturated heterocycles. The van der Waals surface area contributed by atoms with E-state index in [1.165, 1.54) is 89.0 Å². The quantitative estimate of drug-likeness (QED) is 0.159. The smallest absolute Gasteiger partial charge is 0.123 e. The van der Waals surface area contributed by atoms with E-state index in [4.69, 9.17) is 0 Å². The van der Waals surface area contributed by atoms with Gasteiger partial charge in [-0.1, -0.05) is 127 Å². The SMILES string of the molecule is Cc1cc(C)cc(N(c2ccc(F)cc2)c2ccc3c(c2)c2ccccc2c2c(-c4ccccc4)cc(-c4ccccc4)c(-c4ccccc4)c32)c1. The molecule has 9 rings (SSSR count). The number of anilines is 3. The average Bonchev–Trinajstić information content (AvgIpc) is 3.19. The van der Waals surface area contributed by atoms with Crippen molar-refractivity contribution in [2.24, 2.45) is 0 Å². The van der Waals surface area contributed by atoms with Gasteiger partial charge in [0.25, 0.3) is 0 Å². The predicted molar refractivity (Wildman–Crippen MR) is 219 cm³/mol. The normalized spacial score (nSPS) is 11.4. The van der Waals surface area contributed by atoms with Gasteiger partial charge in [0, 0.05) is 17.1 Å². The van der Waals surface area contributed by atoms with Crippen LogP contribution < -0.4 is 4.90 Å². The van der Waals surface area contributed by atoms with Gasteiger partial charge in [0.2, 0.25) is 0 Å². The van der Waals surface area contributed by atoms with Gasteiger partial charge in [-0.05, 0) is 145 Å². The Kier molecular flexibility index (Phi) is 7.86. The molecule has 52 heavy (non-hydrogen) atoms. The monoisotopic (exact) mass is 669 g/mol. The summed E-state index contributed by atoms with van der Waals surface area (Å²) in [6, 6.07) is 63.8. The van der Waals surface area contributed by atoms with E-state index in [9.17, 15) is 4.39 Å². The Balaban J connectivity index is 1.45. The summed E-state index contributed by atoms with van der Waals surface area (Å²) >= 11 is 0. The maximum atomic E-state index is 14.3. The van der Waals surface area contributed by atoms with Crippen molar-refractivity contribution in [2.45, 2.75) is 13.8 Å². The van der Waals surface area contributed by atoms with Crippen molar-refractivity contribution in [1.82, 2.24) is 0 Å². The number of benzene rings is 9. The highest BCUT2D eigenvalue weighted by atomic mass is 19.1. The van der Waals surface area contributed by atoms with Crippen molar-refractivity contribution >= 4 is 49.4 Å².